The minimum atomic E-state index is -2.01. The van der Waals surface area contributed by atoms with Gasteiger partial charge in [0.15, 0.2) is 0 Å². The van der Waals surface area contributed by atoms with E-state index in [9.17, 15) is 19.4 Å². The van der Waals surface area contributed by atoms with Crippen molar-refractivity contribution in [1.82, 2.24) is 0 Å². The zero-order valence-electron chi connectivity index (χ0n) is 12.1. The van der Waals surface area contributed by atoms with Crippen molar-refractivity contribution in [2.45, 2.75) is 81.3 Å². The third kappa shape index (κ3) is 2.15. The van der Waals surface area contributed by atoms with Gasteiger partial charge in [0.1, 0.15) is 5.60 Å². The van der Waals surface area contributed by atoms with Gasteiger partial charge >= 0.3 is 5.97 Å². The number of esters is 1. The molecule has 4 saturated carbocycles. The lowest BCUT2D eigenvalue weighted by atomic mass is 9.50. The van der Waals surface area contributed by atoms with Crippen LogP contribution in [0.4, 0.5) is 4.39 Å². The summed E-state index contributed by atoms with van der Waals surface area (Å²) in [6.45, 7) is 2.82. The predicted molar refractivity (Wildman–Crippen MR) is 69.7 cm³/mol. The van der Waals surface area contributed by atoms with Crippen LogP contribution in [0, 0.1) is 5.92 Å². The monoisotopic (exact) mass is 286 g/mol. The van der Waals surface area contributed by atoms with Crippen molar-refractivity contribution in [1.29, 1.82) is 0 Å². The first-order valence-corrected chi connectivity index (χ1v) is 7.47. The molecule has 5 heteroatoms. The van der Waals surface area contributed by atoms with E-state index in [-0.39, 0.29) is 12.3 Å². The molecular weight excluding hydrogens is 263 g/mol. The summed E-state index contributed by atoms with van der Waals surface area (Å²) >= 11 is 0. The molecule has 114 valence electrons. The first-order valence-electron chi connectivity index (χ1n) is 7.47. The van der Waals surface area contributed by atoms with Crippen molar-refractivity contribution in [3.8, 4) is 0 Å². The quantitative estimate of drug-likeness (QED) is 0.777. The maximum atomic E-state index is 14.1. The number of rotatable bonds is 3. The van der Waals surface area contributed by atoms with Crippen LogP contribution in [0.25, 0.3) is 0 Å². The lowest BCUT2D eigenvalue weighted by Crippen LogP contribution is -2.67. The molecule has 4 aliphatic rings. The Morgan fingerprint density at radius 2 is 1.80 bits per heavy atom. The highest BCUT2D eigenvalue weighted by Crippen LogP contribution is 2.60. The highest BCUT2D eigenvalue weighted by atomic mass is 19.1. The lowest BCUT2D eigenvalue weighted by Gasteiger charge is -2.62. The van der Waals surface area contributed by atoms with Gasteiger partial charge in [-0.2, -0.15) is 0 Å². The average Bonchev–Trinajstić information content (AvgIpc) is 2.22. The first kappa shape index (κ1) is 14.3. The molecule has 0 aliphatic heterocycles. The molecule has 20 heavy (non-hydrogen) atoms. The van der Waals surface area contributed by atoms with Crippen molar-refractivity contribution in [2.75, 3.05) is 0 Å². The molecule has 0 amide bonds. The average molecular weight is 286 g/mol. The normalized spacial score (nSPS) is 49.0. The third-order valence-corrected chi connectivity index (χ3v) is 5.36. The molecule has 0 radical (unpaired) electrons. The molecule has 0 aromatic rings. The van der Waals surface area contributed by atoms with E-state index in [2.05, 4.69) is 0 Å². The number of halogens is 1. The Hall–Kier alpha value is -0.680. The SMILES string of the molecule is CCC(C)(F)C(=O)OC12CC3CC(O)(CC(O)(C3)C1)C2. The maximum absolute atomic E-state index is 14.1. The molecule has 4 rings (SSSR count). The Morgan fingerprint density at radius 1 is 1.25 bits per heavy atom. The minimum absolute atomic E-state index is 0.0554. The highest BCUT2D eigenvalue weighted by Gasteiger charge is 2.65. The number of hydrogen-bond donors (Lipinski definition) is 2. The summed E-state index contributed by atoms with van der Waals surface area (Å²) in [7, 11) is 0. The van der Waals surface area contributed by atoms with E-state index >= 15 is 0 Å². The number of alkyl halides is 1. The summed E-state index contributed by atoms with van der Waals surface area (Å²) in [6, 6.07) is 0. The van der Waals surface area contributed by atoms with Crippen LogP contribution < -0.4 is 0 Å². The van der Waals surface area contributed by atoms with E-state index in [0.29, 0.717) is 38.5 Å². The summed E-state index contributed by atoms with van der Waals surface area (Å²) in [4.78, 5) is 12.0. The molecular formula is C15H23FO4. The van der Waals surface area contributed by atoms with Crippen molar-refractivity contribution in [2.24, 2.45) is 5.92 Å². The molecule has 2 N–H and O–H groups in total. The molecule has 0 aromatic carbocycles. The molecule has 4 nitrogen and oxygen atoms in total. The summed E-state index contributed by atoms with van der Waals surface area (Å²) < 4.78 is 19.6. The highest BCUT2D eigenvalue weighted by molar-refractivity contribution is 5.79. The van der Waals surface area contributed by atoms with E-state index in [1.165, 1.54) is 6.92 Å². The van der Waals surface area contributed by atoms with Gasteiger partial charge in [-0.15, -0.1) is 0 Å². The number of hydrogen-bond acceptors (Lipinski definition) is 4. The van der Waals surface area contributed by atoms with E-state index in [0.717, 1.165) is 0 Å². The van der Waals surface area contributed by atoms with Gasteiger partial charge in [0.05, 0.1) is 11.2 Å². The number of aliphatic hydroxyl groups is 2. The van der Waals surface area contributed by atoms with Crippen molar-refractivity contribution in [3.05, 3.63) is 0 Å². The second-order valence-electron chi connectivity index (χ2n) is 7.58. The Morgan fingerprint density at radius 3 is 2.25 bits per heavy atom. The van der Waals surface area contributed by atoms with E-state index in [1.54, 1.807) is 6.92 Å². The predicted octanol–water partition coefficient (Wildman–Crippen LogP) is 1.87. The Labute approximate surface area is 118 Å². The molecule has 0 saturated heterocycles. The molecule has 4 bridgehead atoms. The molecule has 4 fully saturated rings. The lowest BCUT2D eigenvalue weighted by molar-refractivity contribution is -0.264. The van der Waals surface area contributed by atoms with Crippen LogP contribution in [0.1, 0.15) is 58.8 Å². The van der Waals surface area contributed by atoms with Crippen molar-refractivity contribution in [3.63, 3.8) is 0 Å². The molecule has 0 aromatic heterocycles. The topological polar surface area (TPSA) is 66.8 Å². The van der Waals surface area contributed by atoms with Gasteiger partial charge in [0.25, 0.3) is 0 Å². The van der Waals surface area contributed by atoms with Crippen molar-refractivity contribution < 1.29 is 24.1 Å². The number of carbonyl (C=O) groups excluding carboxylic acids is 1. The number of carbonyl (C=O) groups is 1. The molecule has 3 unspecified atom stereocenters. The fourth-order valence-electron chi connectivity index (χ4n) is 4.81. The van der Waals surface area contributed by atoms with Gasteiger partial charge in [-0.1, -0.05) is 6.92 Å². The van der Waals surface area contributed by atoms with E-state index < -0.39 is 28.4 Å². The first-order chi connectivity index (χ1) is 9.10. The summed E-state index contributed by atoms with van der Waals surface area (Å²) in [6.07, 6.45) is 2.97. The third-order valence-electron chi connectivity index (χ3n) is 5.36. The second kappa shape index (κ2) is 3.95. The van der Waals surface area contributed by atoms with E-state index in [1.807, 2.05) is 0 Å². The molecule has 3 atom stereocenters. The summed E-state index contributed by atoms with van der Waals surface area (Å²) in [5.41, 5.74) is -4.82. The smallest absolute Gasteiger partial charge is 0.344 e. The molecule has 0 spiro atoms. The second-order valence-corrected chi connectivity index (χ2v) is 7.58. The standard InChI is InChI=1S/C15H23FO4/c1-3-12(2,16)11(17)20-15-6-10-4-13(18,8-15)7-14(19,5-10)9-15/h10,18-19H,3-9H2,1-2H3. The van der Waals surface area contributed by atoms with Gasteiger partial charge in [0.2, 0.25) is 5.67 Å². The van der Waals surface area contributed by atoms with Crippen molar-refractivity contribution >= 4 is 5.97 Å². The van der Waals surface area contributed by atoms with Crippen LogP contribution in [0.5, 0.6) is 0 Å². The fourth-order valence-corrected chi connectivity index (χ4v) is 4.81. The largest absolute Gasteiger partial charge is 0.456 e. The van der Waals surface area contributed by atoms with E-state index in [4.69, 9.17) is 4.74 Å². The van der Waals surface area contributed by atoms with Crippen LogP contribution in [0.3, 0.4) is 0 Å². The maximum Gasteiger partial charge on any atom is 0.344 e. The van der Waals surface area contributed by atoms with Crippen LogP contribution in [-0.4, -0.2) is 38.7 Å². The van der Waals surface area contributed by atoms with Gasteiger partial charge < -0.3 is 14.9 Å². The van der Waals surface area contributed by atoms with Gasteiger partial charge in [-0.25, -0.2) is 9.18 Å². The Bertz CT molecular complexity index is 429. The summed E-state index contributed by atoms with van der Waals surface area (Å²) in [5.74, 6) is -0.712. The van der Waals surface area contributed by atoms with Gasteiger partial charge in [-0.05, 0) is 38.5 Å². The minimum Gasteiger partial charge on any atom is -0.456 e. The van der Waals surface area contributed by atoms with Crippen LogP contribution in [-0.2, 0) is 9.53 Å². The summed E-state index contributed by atoms with van der Waals surface area (Å²) in [5, 5.41) is 21.1. The Kier molecular flexibility index (Phi) is 2.81. The van der Waals surface area contributed by atoms with Crippen LogP contribution >= 0.6 is 0 Å². The Balaban J connectivity index is 1.84. The van der Waals surface area contributed by atoms with Gasteiger partial charge in [-0.3, -0.25) is 0 Å². The molecule has 4 aliphatic carbocycles. The molecule has 0 heterocycles. The van der Waals surface area contributed by atoms with Gasteiger partial charge in [0, 0.05) is 19.3 Å². The zero-order valence-corrected chi connectivity index (χ0v) is 12.1. The number of ether oxygens (including phenoxy) is 1. The fraction of sp³-hybridized carbons (Fsp3) is 0.933. The zero-order chi connectivity index (χ0) is 14.8. The van der Waals surface area contributed by atoms with Crippen LogP contribution in [0.2, 0.25) is 0 Å². The van der Waals surface area contributed by atoms with Crippen LogP contribution in [0.15, 0.2) is 0 Å².